The molecule has 0 aliphatic carbocycles. The predicted molar refractivity (Wildman–Crippen MR) is 120 cm³/mol. The number of carbonyl (C=O) groups excluding carboxylic acids is 1. The van der Waals surface area contributed by atoms with Crippen molar-refractivity contribution in [3.8, 4) is 5.75 Å². The quantitative estimate of drug-likeness (QED) is 0.742. The molecule has 1 N–H and O–H groups in total. The van der Waals surface area contributed by atoms with E-state index in [9.17, 15) is 13.2 Å². The SMILES string of the molecule is CC(C)Oc1ccc(NC(=O)c2cccc(S(=O)(=O)N3CCN4CCCC4C3)c2)cc1. The van der Waals surface area contributed by atoms with Crippen LogP contribution in [0.25, 0.3) is 0 Å². The van der Waals surface area contributed by atoms with E-state index in [1.165, 1.54) is 6.07 Å². The van der Waals surface area contributed by atoms with E-state index < -0.39 is 10.0 Å². The summed E-state index contributed by atoms with van der Waals surface area (Å²) in [4.78, 5) is 15.3. The zero-order valence-corrected chi connectivity index (χ0v) is 18.8. The highest BCUT2D eigenvalue weighted by Gasteiger charge is 2.36. The zero-order chi connectivity index (χ0) is 22.0. The van der Waals surface area contributed by atoms with Gasteiger partial charge in [0.25, 0.3) is 5.91 Å². The van der Waals surface area contributed by atoms with Crippen LogP contribution in [0, 0.1) is 0 Å². The minimum atomic E-state index is -3.64. The van der Waals surface area contributed by atoms with E-state index in [-0.39, 0.29) is 16.9 Å². The summed E-state index contributed by atoms with van der Waals surface area (Å²) in [6.07, 6.45) is 2.23. The van der Waals surface area contributed by atoms with Crippen LogP contribution in [0.4, 0.5) is 5.69 Å². The van der Waals surface area contributed by atoms with E-state index in [2.05, 4.69) is 10.2 Å². The lowest BCUT2D eigenvalue weighted by atomic mass is 10.2. The highest BCUT2D eigenvalue weighted by Crippen LogP contribution is 2.26. The van der Waals surface area contributed by atoms with Crippen LogP contribution in [0.5, 0.6) is 5.75 Å². The van der Waals surface area contributed by atoms with Crippen molar-refractivity contribution in [2.45, 2.75) is 43.7 Å². The first-order valence-electron chi connectivity index (χ1n) is 10.8. The van der Waals surface area contributed by atoms with Crippen LogP contribution in [0.2, 0.25) is 0 Å². The number of carbonyl (C=O) groups is 1. The zero-order valence-electron chi connectivity index (χ0n) is 18.0. The van der Waals surface area contributed by atoms with Crippen LogP contribution in [0.3, 0.4) is 0 Å². The molecular formula is C23H29N3O4S. The van der Waals surface area contributed by atoms with Gasteiger partial charge in [0.05, 0.1) is 11.0 Å². The molecule has 0 bridgehead atoms. The van der Waals surface area contributed by atoms with Gasteiger partial charge in [-0.05, 0) is 75.7 Å². The monoisotopic (exact) mass is 443 g/mol. The van der Waals surface area contributed by atoms with Crippen LogP contribution in [-0.4, -0.2) is 61.9 Å². The average Bonchev–Trinajstić information content (AvgIpc) is 3.23. The number of hydrogen-bond donors (Lipinski definition) is 1. The Kier molecular flexibility index (Phi) is 6.31. The largest absolute Gasteiger partial charge is 0.491 e. The van der Waals surface area contributed by atoms with Gasteiger partial charge in [-0.2, -0.15) is 4.31 Å². The number of rotatable bonds is 6. The minimum absolute atomic E-state index is 0.0711. The van der Waals surface area contributed by atoms with Gasteiger partial charge in [0, 0.05) is 36.9 Å². The maximum Gasteiger partial charge on any atom is 0.255 e. The molecule has 1 atom stereocenters. The Morgan fingerprint density at radius 2 is 1.87 bits per heavy atom. The molecule has 2 heterocycles. The molecule has 0 spiro atoms. The third-order valence-corrected chi connectivity index (χ3v) is 7.63. The molecule has 2 saturated heterocycles. The van der Waals surface area contributed by atoms with E-state index in [4.69, 9.17) is 4.74 Å². The minimum Gasteiger partial charge on any atom is -0.491 e. The second-order valence-electron chi connectivity index (χ2n) is 8.37. The van der Waals surface area contributed by atoms with Crippen LogP contribution >= 0.6 is 0 Å². The number of nitrogens with zero attached hydrogens (tertiary/aromatic N) is 2. The second-order valence-corrected chi connectivity index (χ2v) is 10.3. The fraction of sp³-hybridized carbons (Fsp3) is 0.435. The molecule has 4 rings (SSSR count). The molecule has 7 nitrogen and oxygen atoms in total. The summed E-state index contributed by atoms with van der Waals surface area (Å²) in [5.41, 5.74) is 0.926. The van der Waals surface area contributed by atoms with Crippen molar-refractivity contribution in [2.75, 3.05) is 31.5 Å². The normalized spacial score (nSPS) is 19.9. The molecule has 2 aromatic rings. The molecule has 0 radical (unpaired) electrons. The number of benzene rings is 2. The Hall–Kier alpha value is -2.42. The molecule has 1 unspecified atom stereocenters. The Labute approximate surface area is 184 Å². The smallest absolute Gasteiger partial charge is 0.255 e. The van der Waals surface area contributed by atoms with Crippen molar-refractivity contribution < 1.29 is 17.9 Å². The summed E-state index contributed by atoms with van der Waals surface area (Å²) in [5.74, 6) is 0.374. The van der Waals surface area contributed by atoms with Gasteiger partial charge in [-0.3, -0.25) is 9.69 Å². The first-order valence-corrected chi connectivity index (χ1v) is 12.2. The number of sulfonamides is 1. The summed E-state index contributed by atoms with van der Waals surface area (Å²) in [6.45, 7) is 6.72. The Bertz CT molecular complexity index is 1040. The third kappa shape index (κ3) is 4.92. The summed E-state index contributed by atoms with van der Waals surface area (Å²) in [6, 6.07) is 13.7. The van der Waals surface area contributed by atoms with E-state index >= 15 is 0 Å². The second kappa shape index (κ2) is 8.98. The number of piperazine rings is 1. The fourth-order valence-electron chi connectivity index (χ4n) is 4.22. The first kappa shape index (κ1) is 21.8. The van der Waals surface area contributed by atoms with Gasteiger partial charge < -0.3 is 10.1 Å². The van der Waals surface area contributed by atoms with Crippen molar-refractivity contribution >= 4 is 21.6 Å². The van der Waals surface area contributed by atoms with Crippen LogP contribution in [-0.2, 0) is 10.0 Å². The number of fused-ring (bicyclic) bond motifs is 1. The van der Waals surface area contributed by atoms with Gasteiger partial charge >= 0.3 is 0 Å². The Morgan fingerprint density at radius 3 is 2.61 bits per heavy atom. The van der Waals surface area contributed by atoms with E-state index in [0.717, 1.165) is 31.7 Å². The lowest BCUT2D eigenvalue weighted by Crippen LogP contribution is -2.51. The van der Waals surface area contributed by atoms with Crippen LogP contribution < -0.4 is 10.1 Å². The lowest BCUT2D eigenvalue weighted by Gasteiger charge is -2.36. The highest BCUT2D eigenvalue weighted by atomic mass is 32.2. The molecular weight excluding hydrogens is 414 g/mol. The Balaban J connectivity index is 1.46. The molecule has 31 heavy (non-hydrogen) atoms. The van der Waals surface area contributed by atoms with Gasteiger partial charge in [0.1, 0.15) is 5.75 Å². The topological polar surface area (TPSA) is 78.9 Å². The van der Waals surface area contributed by atoms with E-state index in [1.807, 2.05) is 13.8 Å². The van der Waals surface area contributed by atoms with Crippen molar-refractivity contribution in [2.24, 2.45) is 0 Å². The van der Waals surface area contributed by atoms with E-state index in [0.29, 0.717) is 30.4 Å². The number of hydrogen-bond acceptors (Lipinski definition) is 5. The first-order chi connectivity index (χ1) is 14.8. The predicted octanol–water partition coefficient (Wildman–Crippen LogP) is 3.19. The van der Waals surface area contributed by atoms with Crippen molar-refractivity contribution in [1.82, 2.24) is 9.21 Å². The van der Waals surface area contributed by atoms with Crippen LogP contribution in [0.1, 0.15) is 37.0 Å². The maximum atomic E-state index is 13.2. The Morgan fingerprint density at radius 1 is 1.10 bits per heavy atom. The fourth-order valence-corrected chi connectivity index (χ4v) is 5.73. The van der Waals surface area contributed by atoms with Gasteiger partial charge in [-0.1, -0.05) is 6.07 Å². The number of ether oxygens (including phenoxy) is 1. The molecule has 2 aliphatic heterocycles. The molecule has 0 saturated carbocycles. The molecule has 2 aromatic carbocycles. The molecule has 166 valence electrons. The van der Waals surface area contributed by atoms with Crippen molar-refractivity contribution in [3.63, 3.8) is 0 Å². The average molecular weight is 444 g/mol. The summed E-state index contributed by atoms with van der Waals surface area (Å²) >= 11 is 0. The van der Waals surface area contributed by atoms with Gasteiger partial charge in [-0.15, -0.1) is 0 Å². The van der Waals surface area contributed by atoms with Gasteiger partial charge in [0.15, 0.2) is 0 Å². The van der Waals surface area contributed by atoms with E-state index in [1.54, 1.807) is 46.8 Å². The van der Waals surface area contributed by atoms with Crippen molar-refractivity contribution in [3.05, 3.63) is 54.1 Å². The molecule has 2 aliphatic rings. The molecule has 8 heteroatoms. The van der Waals surface area contributed by atoms with Crippen molar-refractivity contribution in [1.29, 1.82) is 0 Å². The summed E-state index contributed by atoms with van der Waals surface area (Å²) in [5, 5.41) is 2.82. The standard InChI is InChI=1S/C23H29N3O4S/c1-17(2)30-21-10-8-19(9-11-21)24-23(27)18-5-3-7-22(15-18)31(28,29)26-14-13-25-12-4-6-20(25)16-26/h3,5,7-11,15,17,20H,4,6,12-14,16H2,1-2H3,(H,24,27). The summed E-state index contributed by atoms with van der Waals surface area (Å²) < 4.78 is 33.6. The number of anilines is 1. The van der Waals surface area contributed by atoms with Gasteiger partial charge in [0.2, 0.25) is 10.0 Å². The highest BCUT2D eigenvalue weighted by molar-refractivity contribution is 7.89. The molecule has 0 aromatic heterocycles. The van der Waals surface area contributed by atoms with Crippen LogP contribution in [0.15, 0.2) is 53.4 Å². The summed E-state index contributed by atoms with van der Waals surface area (Å²) in [7, 11) is -3.64. The third-order valence-electron chi connectivity index (χ3n) is 5.77. The maximum absolute atomic E-state index is 13.2. The molecule has 1 amide bonds. The lowest BCUT2D eigenvalue weighted by molar-refractivity contribution is 0.102. The molecule has 2 fully saturated rings. The number of nitrogens with one attached hydrogen (secondary N) is 1. The van der Waals surface area contributed by atoms with Gasteiger partial charge in [-0.25, -0.2) is 8.42 Å². The number of amides is 1.